The fourth-order valence-corrected chi connectivity index (χ4v) is 6.21. The number of allylic oxidation sites excluding steroid dienone is 1. The normalized spacial score (nSPS) is 17.8. The highest BCUT2D eigenvalue weighted by Crippen LogP contribution is 2.43. The van der Waals surface area contributed by atoms with Gasteiger partial charge in [0, 0.05) is 41.4 Å². The molecule has 0 saturated carbocycles. The van der Waals surface area contributed by atoms with Crippen LogP contribution in [-0.2, 0) is 6.42 Å². The Morgan fingerprint density at radius 1 is 1.05 bits per heavy atom. The van der Waals surface area contributed by atoms with Crippen LogP contribution in [0.1, 0.15) is 58.3 Å². The van der Waals surface area contributed by atoms with Crippen LogP contribution in [-0.4, -0.2) is 48.3 Å². The van der Waals surface area contributed by atoms with Crippen molar-refractivity contribution in [1.29, 1.82) is 0 Å². The minimum absolute atomic E-state index is 0.277. The predicted molar refractivity (Wildman–Crippen MR) is 154 cm³/mol. The maximum absolute atomic E-state index is 12.6. The number of hydrogen-bond donors (Lipinski definition) is 2. The molecule has 0 amide bonds. The van der Waals surface area contributed by atoms with Crippen molar-refractivity contribution < 1.29 is 14.3 Å². The van der Waals surface area contributed by atoms with Gasteiger partial charge in [0.15, 0.2) is 0 Å². The number of halogens is 3. The number of anilines is 1. The van der Waals surface area contributed by atoms with Crippen LogP contribution in [0.5, 0.6) is 0 Å². The SMILES string of the molecule is O=C(O)c1ccc2c(c1)CCCC(c1ccc(Cl)cc1Cl)=C2c1cccc(NC2CCN(CCCF)C2)c1. The number of nitrogens with zero attached hydrogens (tertiary/aromatic N) is 1. The zero-order valence-corrected chi connectivity index (χ0v) is 22.7. The van der Waals surface area contributed by atoms with E-state index in [1.807, 2.05) is 18.2 Å². The second-order valence-corrected chi connectivity index (χ2v) is 10.9. The van der Waals surface area contributed by atoms with E-state index in [0.29, 0.717) is 28.1 Å². The molecule has 4 nitrogen and oxygen atoms in total. The first-order chi connectivity index (χ1) is 18.4. The Labute approximate surface area is 233 Å². The van der Waals surface area contributed by atoms with E-state index >= 15 is 0 Å². The largest absolute Gasteiger partial charge is 0.478 e. The molecule has 0 spiro atoms. The van der Waals surface area contributed by atoms with Crippen LogP contribution in [0.15, 0.2) is 60.7 Å². The van der Waals surface area contributed by atoms with Gasteiger partial charge < -0.3 is 15.3 Å². The number of carboxylic acid groups (broad SMARTS) is 1. The number of benzene rings is 3. The maximum atomic E-state index is 12.6. The molecule has 1 saturated heterocycles. The summed E-state index contributed by atoms with van der Waals surface area (Å²) in [6, 6.07) is 19.7. The molecule has 38 heavy (non-hydrogen) atoms. The summed E-state index contributed by atoms with van der Waals surface area (Å²) >= 11 is 12.9. The number of carbonyl (C=O) groups is 1. The average molecular weight is 554 g/mol. The van der Waals surface area contributed by atoms with Gasteiger partial charge in [0.2, 0.25) is 0 Å². The van der Waals surface area contributed by atoms with Crippen LogP contribution in [0.25, 0.3) is 11.1 Å². The van der Waals surface area contributed by atoms with Crippen LogP contribution >= 0.6 is 23.2 Å². The van der Waals surface area contributed by atoms with Crippen LogP contribution in [0, 0.1) is 0 Å². The highest BCUT2D eigenvalue weighted by Gasteiger charge is 2.24. The summed E-state index contributed by atoms with van der Waals surface area (Å²) in [7, 11) is 0. The van der Waals surface area contributed by atoms with Crippen molar-refractivity contribution in [2.24, 2.45) is 0 Å². The summed E-state index contributed by atoms with van der Waals surface area (Å²) in [6.45, 7) is 2.39. The van der Waals surface area contributed by atoms with Crippen LogP contribution in [0.2, 0.25) is 10.0 Å². The van der Waals surface area contributed by atoms with Gasteiger partial charge in [-0.2, -0.15) is 0 Å². The second-order valence-electron chi connectivity index (χ2n) is 10.1. The zero-order valence-electron chi connectivity index (χ0n) is 21.2. The van der Waals surface area contributed by atoms with E-state index in [2.05, 4.69) is 34.5 Å². The van der Waals surface area contributed by atoms with Gasteiger partial charge in [-0.25, -0.2) is 4.79 Å². The maximum Gasteiger partial charge on any atom is 0.335 e. The Balaban J connectivity index is 1.57. The van der Waals surface area contributed by atoms with E-state index < -0.39 is 5.97 Å². The van der Waals surface area contributed by atoms with Crippen LogP contribution in [0.3, 0.4) is 0 Å². The first-order valence-electron chi connectivity index (χ1n) is 13.1. The Morgan fingerprint density at radius 2 is 1.89 bits per heavy atom. The van der Waals surface area contributed by atoms with E-state index in [0.717, 1.165) is 84.4 Å². The Morgan fingerprint density at radius 3 is 2.68 bits per heavy atom. The van der Waals surface area contributed by atoms with Crippen molar-refractivity contribution in [3.8, 4) is 0 Å². The van der Waals surface area contributed by atoms with Gasteiger partial charge >= 0.3 is 5.97 Å². The number of carboxylic acids is 1. The van der Waals surface area contributed by atoms with Gasteiger partial charge in [0.1, 0.15) is 0 Å². The molecule has 3 aromatic rings. The molecule has 0 bridgehead atoms. The molecule has 7 heteroatoms. The number of fused-ring (bicyclic) bond motifs is 1. The summed E-state index contributed by atoms with van der Waals surface area (Å²) in [4.78, 5) is 14.0. The molecule has 1 unspecified atom stereocenters. The first kappa shape index (κ1) is 26.7. The fraction of sp³-hybridized carbons (Fsp3) is 0.323. The Hall–Kier alpha value is -2.86. The summed E-state index contributed by atoms with van der Waals surface area (Å²) in [5.74, 6) is -0.924. The molecule has 3 aromatic carbocycles. The monoisotopic (exact) mass is 552 g/mol. The third-order valence-corrected chi connectivity index (χ3v) is 8.00. The quantitative estimate of drug-likeness (QED) is 0.299. The van der Waals surface area contributed by atoms with Crippen molar-refractivity contribution >= 4 is 46.0 Å². The minimum atomic E-state index is -0.924. The van der Waals surface area contributed by atoms with Crippen molar-refractivity contribution in [2.75, 3.05) is 31.6 Å². The molecule has 1 atom stereocenters. The summed E-state index contributed by atoms with van der Waals surface area (Å²) < 4.78 is 12.6. The van der Waals surface area contributed by atoms with Gasteiger partial charge in [0.25, 0.3) is 0 Å². The van der Waals surface area contributed by atoms with Gasteiger partial charge in [-0.15, -0.1) is 0 Å². The predicted octanol–water partition coefficient (Wildman–Crippen LogP) is 7.83. The lowest BCUT2D eigenvalue weighted by atomic mass is 9.87. The molecule has 0 aromatic heterocycles. The molecule has 5 rings (SSSR count). The van der Waals surface area contributed by atoms with E-state index in [1.54, 1.807) is 18.2 Å². The number of nitrogens with one attached hydrogen (secondary N) is 1. The third-order valence-electron chi connectivity index (χ3n) is 7.45. The van der Waals surface area contributed by atoms with E-state index in [4.69, 9.17) is 23.2 Å². The molecule has 1 aliphatic carbocycles. The van der Waals surface area contributed by atoms with Crippen molar-refractivity contribution in [2.45, 2.75) is 38.1 Å². The number of rotatable bonds is 8. The van der Waals surface area contributed by atoms with E-state index in [9.17, 15) is 14.3 Å². The smallest absolute Gasteiger partial charge is 0.335 e. The lowest BCUT2D eigenvalue weighted by Gasteiger charge is -2.20. The topological polar surface area (TPSA) is 52.6 Å². The van der Waals surface area contributed by atoms with E-state index in [-0.39, 0.29) is 6.67 Å². The van der Waals surface area contributed by atoms with Gasteiger partial charge in [-0.1, -0.05) is 47.5 Å². The van der Waals surface area contributed by atoms with Crippen molar-refractivity contribution in [3.63, 3.8) is 0 Å². The number of alkyl halides is 1. The first-order valence-corrected chi connectivity index (χ1v) is 13.9. The molecule has 1 fully saturated rings. The average Bonchev–Trinajstić information content (AvgIpc) is 3.25. The molecule has 1 heterocycles. The lowest BCUT2D eigenvalue weighted by Crippen LogP contribution is -2.27. The van der Waals surface area contributed by atoms with Crippen LogP contribution in [0.4, 0.5) is 10.1 Å². The van der Waals surface area contributed by atoms with Crippen molar-refractivity contribution in [1.82, 2.24) is 4.90 Å². The van der Waals surface area contributed by atoms with Crippen LogP contribution < -0.4 is 5.32 Å². The summed E-state index contributed by atoms with van der Waals surface area (Å²) in [5.41, 5.74) is 7.57. The number of aryl methyl sites for hydroxylation is 1. The third kappa shape index (κ3) is 5.90. The fourth-order valence-electron chi connectivity index (χ4n) is 5.69. The Bertz CT molecular complexity index is 1370. The van der Waals surface area contributed by atoms with Crippen molar-refractivity contribution in [3.05, 3.63) is 98.5 Å². The second kappa shape index (κ2) is 11.9. The number of hydrogen-bond acceptors (Lipinski definition) is 3. The number of aromatic carboxylic acids is 1. The highest BCUT2D eigenvalue weighted by atomic mass is 35.5. The van der Waals surface area contributed by atoms with Gasteiger partial charge in [-0.05, 0) is 102 Å². The highest BCUT2D eigenvalue weighted by molar-refractivity contribution is 6.36. The molecular formula is C31H31Cl2FN2O2. The van der Waals surface area contributed by atoms with Gasteiger partial charge in [0.05, 0.1) is 12.2 Å². The lowest BCUT2D eigenvalue weighted by molar-refractivity contribution is 0.0696. The standard InChI is InChI=1S/C31H31Cl2FN2O2/c32-23-9-11-27(29(33)18-23)28-7-2-4-20-16-22(31(37)38)8-10-26(20)30(28)21-5-1-6-24(17-21)35-25-12-15-36(19-25)14-3-13-34/h1,5-6,8-11,16-18,25,35H,2-4,7,12-15,19H2,(H,37,38). The molecule has 2 aliphatic rings. The Kier molecular flexibility index (Phi) is 8.37. The number of likely N-dealkylation sites (tertiary alicyclic amines) is 1. The molecule has 0 radical (unpaired) electrons. The summed E-state index contributed by atoms with van der Waals surface area (Å²) in [6.07, 6.45) is 4.06. The minimum Gasteiger partial charge on any atom is -0.478 e. The van der Waals surface area contributed by atoms with E-state index in [1.165, 1.54) is 0 Å². The van der Waals surface area contributed by atoms with Gasteiger partial charge in [-0.3, -0.25) is 4.39 Å². The molecular weight excluding hydrogens is 522 g/mol. The molecule has 2 N–H and O–H groups in total. The molecule has 1 aliphatic heterocycles. The molecule has 198 valence electrons. The summed E-state index contributed by atoms with van der Waals surface area (Å²) in [5, 5.41) is 14.5. The zero-order chi connectivity index (χ0) is 26.6.